The second kappa shape index (κ2) is 6.63. The van der Waals surface area contributed by atoms with Crippen LogP contribution in [0, 0.1) is 0 Å². The molecule has 0 aliphatic carbocycles. The summed E-state index contributed by atoms with van der Waals surface area (Å²) in [6.07, 6.45) is 0. The summed E-state index contributed by atoms with van der Waals surface area (Å²) in [5, 5.41) is -0.724. The first-order valence-electron chi connectivity index (χ1n) is 7.59. The molecule has 114 valence electrons. The van der Waals surface area contributed by atoms with E-state index in [1.807, 2.05) is 78.9 Å². The van der Waals surface area contributed by atoms with Gasteiger partial charge in [0.15, 0.2) is 0 Å². The largest absolute Gasteiger partial charge is 0.426 e. The van der Waals surface area contributed by atoms with E-state index >= 15 is 0 Å². The summed E-state index contributed by atoms with van der Waals surface area (Å²) >= 11 is 0. The van der Waals surface area contributed by atoms with E-state index in [1.165, 1.54) is 0 Å². The Kier molecular flexibility index (Phi) is 4.39. The Labute approximate surface area is 139 Å². The number of hydrogen-bond acceptors (Lipinski definition) is 2. The zero-order chi connectivity index (χ0) is 16.1. The normalized spacial score (nSPS) is 11.1. The third-order valence-corrected chi connectivity index (χ3v) is 5.63. The molecule has 3 heteroatoms. The molecule has 23 heavy (non-hydrogen) atoms. The van der Waals surface area contributed by atoms with Crippen LogP contribution in [0.4, 0.5) is 0 Å². The van der Waals surface area contributed by atoms with E-state index in [0.29, 0.717) is 16.0 Å². The van der Waals surface area contributed by atoms with Crippen LogP contribution in [0.15, 0.2) is 91.0 Å². The van der Waals surface area contributed by atoms with Gasteiger partial charge in [0.05, 0.1) is 5.04 Å². The lowest BCUT2D eigenvalue weighted by molar-refractivity contribution is -0.136. The van der Waals surface area contributed by atoms with E-state index in [2.05, 4.69) is 0 Å². The van der Waals surface area contributed by atoms with Gasteiger partial charge in [-0.05, 0) is 23.3 Å². The molecular formula is C20H18O2Si. The van der Waals surface area contributed by atoms with Crippen LogP contribution in [0.2, 0.25) is 0 Å². The van der Waals surface area contributed by atoms with Crippen molar-refractivity contribution < 1.29 is 9.53 Å². The molecule has 3 aromatic carbocycles. The minimum absolute atomic E-state index is 0.229. The highest BCUT2D eigenvalue weighted by atomic mass is 28.1. The number of hydrogen-bond donors (Lipinski definition) is 0. The van der Waals surface area contributed by atoms with Gasteiger partial charge in [-0.25, -0.2) is 0 Å². The van der Waals surface area contributed by atoms with Gasteiger partial charge in [0.1, 0.15) is 5.75 Å². The van der Waals surface area contributed by atoms with Gasteiger partial charge in [-0.2, -0.15) is 0 Å². The van der Waals surface area contributed by atoms with Gasteiger partial charge in [-0.3, -0.25) is 4.79 Å². The molecule has 0 bridgehead atoms. The Bertz CT molecular complexity index is 731. The smallest absolute Gasteiger partial charge is 0.322 e. The van der Waals surface area contributed by atoms with Crippen molar-refractivity contribution in [1.82, 2.24) is 0 Å². The van der Waals surface area contributed by atoms with Crippen molar-refractivity contribution >= 4 is 16.2 Å². The van der Waals surface area contributed by atoms with Crippen molar-refractivity contribution in [3.05, 3.63) is 102 Å². The van der Waals surface area contributed by atoms with Gasteiger partial charge in [-0.15, -0.1) is 0 Å². The average molecular weight is 318 g/mol. The Balaban J connectivity index is 2.04. The van der Waals surface area contributed by atoms with Crippen molar-refractivity contribution in [3.8, 4) is 5.75 Å². The quantitative estimate of drug-likeness (QED) is 0.420. The van der Waals surface area contributed by atoms with Crippen LogP contribution in [0.25, 0.3) is 0 Å². The van der Waals surface area contributed by atoms with E-state index in [0.717, 1.165) is 11.1 Å². The van der Waals surface area contributed by atoms with Crippen molar-refractivity contribution in [3.63, 3.8) is 0 Å². The molecule has 3 aromatic rings. The summed E-state index contributed by atoms with van der Waals surface area (Å²) in [6, 6.07) is 29.0. The molecule has 0 aromatic heterocycles. The van der Waals surface area contributed by atoms with E-state index in [9.17, 15) is 4.79 Å². The van der Waals surface area contributed by atoms with Gasteiger partial charge in [0.2, 0.25) is 0 Å². The van der Waals surface area contributed by atoms with Crippen LogP contribution < -0.4 is 4.74 Å². The van der Waals surface area contributed by atoms with Crippen LogP contribution in [0.3, 0.4) is 0 Å². The Morgan fingerprint density at radius 3 is 1.52 bits per heavy atom. The third kappa shape index (κ3) is 3.10. The topological polar surface area (TPSA) is 26.3 Å². The number of benzene rings is 3. The molecule has 0 atom stereocenters. The average Bonchev–Trinajstić information content (AvgIpc) is 2.63. The molecule has 0 N–H and O–H groups in total. The summed E-state index contributed by atoms with van der Waals surface area (Å²) < 4.78 is 5.68. The fourth-order valence-corrected chi connectivity index (χ4v) is 3.41. The molecule has 0 aliphatic rings. The van der Waals surface area contributed by atoms with Crippen molar-refractivity contribution in [2.45, 2.75) is 5.04 Å². The van der Waals surface area contributed by atoms with Crippen LogP contribution in [-0.2, 0) is 9.83 Å². The van der Waals surface area contributed by atoms with Crippen molar-refractivity contribution in [2.24, 2.45) is 0 Å². The Morgan fingerprint density at radius 2 is 1.09 bits per heavy atom. The lowest BCUT2D eigenvalue weighted by Crippen LogP contribution is -2.41. The number of ether oxygens (including phenoxy) is 1. The standard InChI is InChI=1S/C20H18O2Si/c21-19(22-18-14-8-3-9-15-18)20(23,16-10-4-1-5-11-16)17-12-6-2-7-13-17/h1-15H,23H3. The summed E-state index contributed by atoms with van der Waals surface area (Å²) in [5.74, 6) is 0.345. The maximum absolute atomic E-state index is 13.0. The monoisotopic (exact) mass is 318 g/mol. The lowest BCUT2D eigenvalue weighted by atomic mass is 9.90. The van der Waals surface area contributed by atoms with Crippen molar-refractivity contribution in [2.75, 3.05) is 0 Å². The molecule has 2 nitrogen and oxygen atoms in total. The maximum Gasteiger partial charge on any atom is 0.322 e. The second-order valence-corrected chi connectivity index (χ2v) is 7.06. The molecular weight excluding hydrogens is 300 g/mol. The predicted octanol–water partition coefficient (Wildman–Crippen LogP) is 2.90. The maximum atomic E-state index is 13.0. The van der Waals surface area contributed by atoms with Gasteiger partial charge in [0, 0.05) is 10.2 Å². The molecule has 0 amide bonds. The van der Waals surface area contributed by atoms with Gasteiger partial charge >= 0.3 is 5.97 Å². The first-order chi connectivity index (χ1) is 11.2. The van der Waals surface area contributed by atoms with Gasteiger partial charge < -0.3 is 4.74 Å². The summed E-state index contributed by atoms with van der Waals surface area (Å²) in [6.45, 7) is 0. The van der Waals surface area contributed by atoms with E-state index in [4.69, 9.17) is 4.74 Å². The molecule has 0 aliphatic heterocycles. The van der Waals surface area contributed by atoms with Gasteiger partial charge in [0.25, 0.3) is 0 Å². The number of para-hydroxylation sites is 1. The Hall–Kier alpha value is -2.65. The zero-order valence-corrected chi connectivity index (χ0v) is 15.0. The first-order valence-corrected chi connectivity index (χ1v) is 8.59. The fourth-order valence-electron chi connectivity index (χ4n) is 2.64. The third-order valence-electron chi connectivity index (χ3n) is 4.06. The van der Waals surface area contributed by atoms with Crippen LogP contribution in [-0.4, -0.2) is 16.2 Å². The minimum Gasteiger partial charge on any atom is -0.426 e. The fraction of sp³-hybridized carbons (Fsp3) is 0.0500. The van der Waals surface area contributed by atoms with Crippen LogP contribution >= 0.6 is 0 Å². The SMILES string of the molecule is O=C(Oc1ccccc1)C([SiH3])(c1ccccc1)c1ccccc1. The predicted molar refractivity (Wildman–Crippen MR) is 95.7 cm³/mol. The van der Waals surface area contributed by atoms with Crippen LogP contribution in [0.1, 0.15) is 11.1 Å². The first kappa shape index (κ1) is 15.3. The minimum atomic E-state index is -0.724. The van der Waals surface area contributed by atoms with E-state index in [-0.39, 0.29) is 5.97 Å². The van der Waals surface area contributed by atoms with E-state index in [1.54, 1.807) is 12.1 Å². The summed E-state index contributed by atoms with van der Waals surface area (Å²) in [5.41, 5.74) is 1.94. The zero-order valence-electron chi connectivity index (χ0n) is 13.0. The highest BCUT2D eigenvalue weighted by molar-refractivity contribution is 6.30. The van der Waals surface area contributed by atoms with E-state index < -0.39 is 5.04 Å². The molecule has 0 fully saturated rings. The lowest BCUT2D eigenvalue weighted by Gasteiger charge is -2.28. The number of esters is 1. The molecule has 0 heterocycles. The van der Waals surface area contributed by atoms with Crippen LogP contribution in [0.5, 0.6) is 5.75 Å². The molecule has 0 saturated carbocycles. The van der Waals surface area contributed by atoms with Gasteiger partial charge in [-0.1, -0.05) is 78.9 Å². The number of rotatable bonds is 4. The molecule has 0 spiro atoms. The highest BCUT2D eigenvalue weighted by Gasteiger charge is 2.38. The summed E-state index contributed by atoms with van der Waals surface area (Å²) in [4.78, 5) is 13.0. The molecule has 0 unspecified atom stereocenters. The molecule has 0 saturated heterocycles. The molecule has 0 radical (unpaired) electrons. The second-order valence-electron chi connectivity index (χ2n) is 5.56. The Morgan fingerprint density at radius 1 is 0.696 bits per heavy atom. The number of carbonyl (C=O) groups excluding carboxylic acids is 1. The van der Waals surface area contributed by atoms with Crippen molar-refractivity contribution in [1.29, 1.82) is 0 Å². The molecule has 3 rings (SSSR count). The summed E-state index contributed by atoms with van der Waals surface area (Å²) in [7, 11) is 0.614. The highest BCUT2D eigenvalue weighted by Crippen LogP contribution is 2.31. The number of carbonyl (C=O) groups is 1.